The van der Waals surface area contributed by atoms with Crippen LogP contribution in [0.3, 0.4) is 0 Å². The average Bonchev–Trinajstić information content (AvgIpc) is 2.98. The standard InChI is InChI=1S/C21H32N4O2/c1-4-27-21-8-6-5-7-18(21)15-25-11-10-24(16-20(25)9-12-26)14-19-13-22-23(3)17(19)2/h5-8,13,20,26H,4,9-12,14-16H2,1-3H3. The zero-order valence-corrected chi connectivity index (χ0v) is 16.8. The van der Waals surface area contributed by atoms with Gasteiger partial charge < -0.3 is 9.84 Å². The predicted molar refractivity (Wildman–Crippen MR) is 107 cm³/mol. The van der Waals surface area contributed by atoms with E-state index in [1.807, 2.05) is 37.0 Å². The van der Waals surface area contributed by atoms with Crippen molar-refractivity contribution >= 4 is 0 Å². The summed E-state index contributed by atoms with van der Waals surface area (Å²) < 4.78 is 7.73. The Kier molecular flexibility index (Phi) is 6.88. The lowest BCUT2D eigenvalue weighted by atomic mass is 10.1. The molecule has 148 valence electrons. The van der Waals surface area contributed by atoms with Crippen molar-refractivity contribution in [3.05, 3.63) is 47.3 Å². The Balaban J connectivity index is 1.67. The second kappa shape index (κ2) is 9.35. The quantitative estimate of drug-likeness (QED) is 0.770. The summed E-state index contributed by atoms with van der Waals surface area (Å²) in [7, 11) is 1.99. The van der Waals surface area contributed by atoms with Crippen molar-refractivity contribution in [1.29, 1.82) is 0 Å². The SMILES string of the molecule is CCOc1ccccc1CN1CCN(Cc2cnn(C)c2C)CC1CCO. The zero-order valence-electron chi connectivity index (χ0n) is 16.8. The van der Waals surface area contributed by atoms with Crippen LogP contribution in [-0.2, 0) is 20.1 Å². The van der Waals surface area contributed by atoms with Crippen molar-refractivity contribution in [2.45, 2.75) is 39.4 Å². The van der Waals surface area contributed by atoms with Crippen LogP contribution in [-0.4, -0.2) is 63.6 Å². The van der Waals surface area contributed by atoms with Gasteiger partial charge in [-0.2, -0.15) is 5.10 Å². The second-order valence-electron chi connectivity index (χ2n) is 7.29. The van der Waals surface area contributed by atoms with E-state index >= 15 is 0 Å². The molecule has 27 heavy (non-hydrogen) atoms. The Bertz CT molecular complexity index is 731. The molecule has 1 unspecified atom stereocenters. The number of hydrogen-bond acceptors (Lipinski definition) is 5. The molecule has 1 aromatic heterocycles. The molecule has 2 heterocycles. The van der Waals surface area contributed by atoms with Gasteiger partial charge in [0.25, 0.3) is 0 Å². The van der Waals surface area contributed by atoms with Gasteiger partial charge in [-0.1, -0.05) is 18.2 Å². The van der Waals surface area contributed by atoms with Crippen LogP contribution in [0.1, 0.15) is 30.2 Å². The molecule has 0 saturated carbocycles. The third-order valence-electron chi connectivity index (χ3n) is 5.53. The molecule has 0 radical (unpaired) electrons. The first-order valence-electron chi connectivity index (χ1n) is 9.87. The van der Waals surface area contributed by atoms with E-state index < -0.39 is 0 Å². The molecular formula is C21H32N4O2. The van der Waals surface area contributed by atoms with Crippen LogP contribution in [0.4, 0.5) is 0 Å². The van der Waals surface area contributed by atoms with E-state index in [9.17, 15) is 5.11 Å². The van der Waals surface area contributed by atoms with Crippen LogP contribution in [0, 0.1) is 6.92 Å². The number of nitrogens with zero attached hydrogens (tertiary/aromatic N) is 4. The molecule has 1 atom stereocenters. The molecule has 0 aliphatic carbocycles. The highest BCUT2D eigenvalue weighted by Gasteiger charge is 2.27. The Morgan fingerprint density at radius 2 is 2.00 bits per heavy atom. The van der Waals surface area contributed by atoms with Gasteiger partial charge in [-0.25, -0.2) is 0 Å². The maximum Gasteiger partial charge on any atom is 0.123 e. The molecule has 1 aliphatic heterocycles. The molecular weight excluding hydrogens is 340 g/mol. The van der Waals surface area contributed by atoms with Crippen LogP contribution in [0.2, 0.25) is 0 Å². The third kappa shape index (κ3) is 4.89. The molecule has 0 amide bonds. The lowest BCUT2D eigenvalue weighted by Crippen LogP contribution is -2.52. The van der Waals surface area contributed by atoms with Gasteiger partial charge in [0.15, 0.2) is 0 Å². The van der Waals surface area contributed by atoms with E-state index in [0.29, 0.717) is 12.6 Å². The number of aliphatic hydroxyl groups is 1. The van der Waals surface area contributed by atoms with Gasteiger partial charge in [0.2, 0.25) is 0 Å². The average molecular weight is 373 g/mol. The van der Waals surface area contributed by atoms with E-state index in [1.54, 1.807) is 0 Å². The van der Waals surface area contributed by atoms with Crippen molar-refractivity contribution in [3.63, 3.8) is 0 Å². The molecule has 6 nitrogen and oxygen atoms in total. The third-order valence-corrected chi connectivity index (χ3v) is 5.53. The van der Waals surface area contributed by atoms with Crippen LogP contribution in [0.5, 0.6) is 5.75 Å². The van der Waals surface area contributed by atoms with E-state index in [4.69, 9.17) is 4.74 Å². The number of aromatic nitrogens is 2. The fourth-order valence-electron chi connectivity index (χ4n) is 3.82. The fraction of sp³-hybridized carbons (Fsp3) is 0.571. The van der Waals surface area contributed by atoms with Crippen molar-refractivity contribution in [2.75, 3.05) is 32.8 Å². The summed E-state index contributed by atoms with van der Waals surface area (Å²) in [5.41, 5.74) is 3.73. The molecule has 0 bridgehead atoms. The molecule has 1 saturated heterocycles. The molecule has 1 aliphatic rings. The number of aliphatic hydroxyl groups excluding tert-OH is 1. The minimum absolute atomic E-state index is 0.216. The first-order chi connectivity index (χ1) is 13.1. The van der Waals surface area contributed by atoms with Crippen molar-refractivity contribution in [2.24, 2.45) is 7.05 Å². The van der Waals surface area contributed by atoms with Crippen LogP contribution < -0.4 is 4.74 Å². The van der Waals surface area contributed by atoms with Gasteiger partial charge in [0.05, 0.1) is 12.8 Å². The van der Waals surface area contributed by atoms with Crippen LogP contribution in [0.15, 0.2) is 30.5 Å². The number of hydrogen-bond donors (Lipinski definition) is 1. The van der Waals surface area contributed by atoms with E-state index in [2.05, 4.69) is 34.0 Å². The largest absolute Gasteiger partial charge is 0.494 e. The second-order valence-corrected chi connectivity index (χ2v) is 7.29. The molecule has 1 N–H and O–H groups in total. The Hall–Kier alpha value is -1.89. The van der Waals surface area contributed by atoms with Gasteiger partial charge in [0, 0.05) is 69.2 Å². The Morgan fingerprint density at radius 3 is 2.70 bits per heavy atom. The molecule has 6 heteroatoms. The minimum Gasteiger partial charge on any atom is -0.494 e. The Morgan fingerprint density at radius 1 is 1.19 bits per heavy atom. The van der Waals surface area contributed by atoms with Crippen LogP contribution >= 0.6 is 0 Å². The summed E-state index contributed by atoms with van der Waals surface area (Å²) in [6.07, 6.45) is 2.76. The smallest absolute Gasteiger partial charge is 0.123 e. The van der Waals surface area contributed by atoms with Crippen molar-refractivity contribution in [3.8, 4) is 5.75 Å². The van der Waals surface area contributed by atoms with Gasteiger partial charge in [-0.15, -0.1) is 0 Å². The minimum atomic E-state index is 0.216. The molecule has 2 aromatic rings. The normalized spacial score (nSPS) is 18.7. The van der Waals surface area contributed by atoms with Gasteiger partial charge >= 0.3 is 0 Å². The van der Waals surface area contributed by atoms with Gasteiger partial charge in [-0.05, 0) is 26.3 Å². The first-order valence-corrected chi connectivity index (χ1v) is 9.87. The monoisotopic (exact) mass is 372 g/mol. The first kappa shape index (κ1) is 19.9. The predicted octanol–water partition coefficient (Wildman–Crippen LogP) is 2.20. The van der Waals surface area contributed by atoms with Crippen molar-refractivity contribution < 1.29 is 9.84 Å². The topological polar surface area (TPSA) is 53.8 Å². The summed E-state index contributed by atoms with van der Waals surface area (Å²) in [6, 6.07) is 8.62. The maximum atomic E-state index is 9.58. The number of aryl methyl sites for hydroxylation is 1. The highest BCUT2D eigenvalue weighted by Crippen LogP contribution is 2.24. The Labute approximate surface area is 162 Å². The molecule has 0 spiro atoms. The number of benzene rings is 1. The highest BCUT2D eigenvalue weighted by molar-refractivity contribution is 5.33. The highest BCUT2D eigenvalue weighted by atomic mass is 16.5. The summed E-state index contributed by atoms with van der Waals surface area (Å²) >= 11 is 0. The van der Waals surface area contributed by atoms with E-state index in [-0.39, 0.29) is 6.61 Å². The fourth-order valence-corrected chi connectivity index (χ4v) is 3.82. The maximum absolute atomic E-state index is 9.58. The van der Waals surface area contributed by atoms with Crippen molar-refractivity contribution in [1.82, 2.24) is 19.6 Å². The molecule has 1 aromatic carbocycles. The number of para-hydroxylation sites is 1. The number of ether oxygens (including phenoxy) is 1. The molecule has 1 fully saturated rings. The summed E-state index contributed by atoms with van der Waals surface area (Å²) in [5.74, 6) is 0.969. The number of piperazine rings is 1. The molecule has 3 rings (SSSR count). The van der Waals surface area contributed by atoms with Gasteiger partial charge in [0.1, 0.15) is 5.75 Å². The van der Waals surface area contributed by atoms with Gasteiger partial charge in [-0.3, -0.25) is 14.5 Å². The zero-order chi connectivity index (χ0) is 19.2. The summed E-state index contributed by atoms with van der Waals surface area (Å²) in [6.45, 7) is 9.79. The number of rotatable bonds is 8. The summed E-state index contributed by atoms with van der Waals surface area (Å²) in [5, 5.41) is 13.9. The summed E-state index contributed by atoms with van der Waals surface area (Å²) in [4.78, 5) is 4.97. The lowest BCUT2D eigenvalue weighted by Gasteiger charge is -2.41. The van der Waals surface area contributed by atoms with Crippen LogP contribution in [0.25, 0.3) is 0 Å². The lowest BCUT2D eigenvalue weighted by molar-refractivity contribution is 0.0493. The van der Waals surface area contributed by atoms with E-state index in [0.717, 1.165) is 44.9 Å². The van der Waals surface area contributed by atoms with E-state index in [1.165, 1.54) is 16.8 Å².